The number of H-pyrrole nitrogens is 1. The van der Waals surface area contributed by atoms with E-state index in [1.807, 2.05) is 67.6 Å². The second-order valence-corrected chi connectivity index (χ2v) is 26.6. The van der Waals surface area contributed by atoms with Crippen molar-refractivity contribution in [2.75, 3.05) is 54.1 Å². The van der Waals surface area contributed by atoms with Crippen LogP contribution in [0.3, 0.4) is 0 Å². The second-order valence-electron chi connectivity index (χ2n) is 26.2. The lowest BCUT2D eigenvalue weighted by atomic mass is 9.81. The number of fused-ring (bicyclic) bond motifs is 4. The molecule has 14 atom stereocenters. The molecule has 2 amide bonds. The second kappa shape index (κ2) is 30.6. The Morgan fingerprint density at radius 3 is 2.28 bits per heavy atom. The number of aliphatic hydroxyl groups is 3. The number of hydrogen-bond donors (Lipinski definition) is 4. The fraction of sp³-hybridized carbons (Fsp3) is 0.600. The number of nitrogens with one attached hydrogen (secondary N) is 1. The van der Waals surface area contributed by atoms with Gasteiger partial charge in [0.2, 0.25) is 11.7 Å². The van der Waals surface area contributed by atoms with Crippen molar-refractivity contribution in [1.29, 1.82) is 0 Å². The Kier molecular flexibility index (Phi) is 23.3. The molecule has 18 nitrogen and oxygen atoms in total. The third-order valence-electron chi connectivity index (χ3n) is 19.7. The number of methoxy groups -OCH3 is 3. The quantitative estimate of drug-likeness (QED) is 0.0398. The van der Waals surface area contributed by atoms with E-state index >= 15 is 0 Å². The van der Waals surface area contributed by atoms with Crippen LogP contribution in [0.5, 0.6) is 0 Å². The maximum atomic E-state index is 14.8. The topological polar surface area (TPSA) is 231 Å². The van der Waals surface area contributed by atoms with E-state index in [1.54, 1.807) is 21.0 Å². The minimum atomic E-state index is -2.56. The Balaban J connectivity index is 0.872. The number of carbonyl (C=O) groups is 5. The van der Waals surface area contributed by atoms with Gasteiger partial charge in [0.05, 0.1) is 30.5 Å². The standard InChI is InChI=1S/C70H94ClN5O13/c1-42-30-43(2)32-61(86-7)65-62(87-8)34-45(4)70(84,89-65)66(81)68(82)76-25-12-11-17-56(76)69(83)88-64(44(3)33-48-21-24-57(77)60(35-48)85-6)46(5)58(78)38-59(79)51(31-42)14-9-10-18-63(80)75-28-26-74(27-29-75)41-47-19-22-49(23-20-47)52-37-54-55(40-73-67(54)72-39-52)50-15-13-16-53(71)36-50/h13,15-16,19-20,22-23,31,33,36-37,39-40,43,45-46,48,51,56-58,60-62,64-65,77-78,84H,9-12,14,17-18,21,24-30,32,34-35,38,41H2,1-8H3,(H,72,73)/b42-31+,44-33+/t43-,45+,46+,48-,51+,56-,57+,58-,60+,61-,62-,64+,65+,70+/m0/s1. The number of aliphatic hydroxyl groups excluding tert-OH is 2. The van der Waals surface area contributed by atoms with Gasteiger partial charge in [-0.3, -0.25) is 24.1 Å². The first-order chi connectivity index (χ1) is 42.7. The number of piperidine rings is 1. The number of hydrogen-bond acceptors (Lipinski definition) is 15. The van der Waals surface area contributed by atoms with Gasteiger partial charge >= 0.3 is 5.97 Å². The summed E-state index contributed by atoms with van der Waals surface area (Å²) in [6.45, 7) is 12.8. The molecule has 4 aliphatic heterocycles. The van der Waals surface area contributed by atoms with Gasteiger partial charge in [-0.2, -0.15) is 0 Å². The molecule has 9 rings (SSSR count). The van der Waals surface area contributed by atoms with E-state index in [1.165, 1.54) is 24.7 Å². The van der Waals surface area contributed by atoms with Gasteiger partial charge in [-0.25, -0.2) is 9.78 Å². The van der Waals surface area contributed by atoms with E-state index in [0.717, 1.165) is 58.5 Å². The van der Waals surface area contributed by atoms with Crippen molar-refractivity contribution in [2.24, 2.45) is 29.6 Å². The van der Waals surface area contributed by atoms with Crippen LogP contribution >= 0.6 is 11.6 Å². The number of rotatable bonds is 14. The van der Waals surface area contributed by atoms with Crippen LogP contribution in [-0.4, -0.2) is 178 Å². The predicted molar refractivity (Wildman–Crippen MR) is 340 cm³/mol. The zero-order chi connectivity index (χ0) is 63.7. The molecule has 1 aliphatic carbocycles. The lowest BCUT2D eigenvalue weighted by Crippen LogP contribution is -2.64. The fourth-order valence-electron chi connectivity index (χ4n) is 14.4. The molecule has 5 aliphatic rings. The number of amides is 2. The number of halogens is 1. The molecular weight excluding hydrogens is 1150 g/mol. The Labute approximate surface area is 529 Å². The van der Waals surface area contributed by atoms with Gasteiger partial charge in [-0.15, -0.1) is 0 Å². The smallest absolute Gasteiger partial charge is 0.329 e. The van der Waals surface area contributed by atoms with E-state index in [9.17, 15) is 39.3 Å². The molecule has 2 aromatic carbocycles. The number of cyclic esters (lactones) is 1. The van der Waals surface area contributed by atoms with Gasteiger partial charge < -0.3 is 53.8 Å². The molecule has 484 valence electrons. The summed E-state index contributed by atoms with van der Waals surface area (Å²) in [5.41, 5.74) is 7.72. The number of pyridine rings is 1. The SMILES string of the molecule is CO[C@H]1C[C@@H](C)C/C(C)=C/[C@@H](CCCCC(=O)N2CCN(Cc3ccc(-c4cnc5[nH]cc(-c6cccc(Cl)c6)c5c4)cc3)CC2)C(=O)C[C@H](O)[C@@H](C)[C@@H](/C(C)=C/[C@@H]2CC[C@@H](O)[C@H](OC)C2)OC(=O)[C@@H]2CCCCN2C(=O)C(=O)[C@]2(O)O[C@H]1[C@@H](OC)C[C@H]2C. The Bertz CT molecular complexity index is 3160. The molecule has 4 aromatic rings. The monoisotopic (exact) mass is 1250 g/mol. The van der Waals surface area contributed by atoms with Crippen molar-refractivity contribution in [3.63, 3.8) is 0 Å². The van der Waals surface area contributed by atoms with Gasteiger partial charge in [0.1, 0.15) is 29.7 Å². The molecule has 2 aromatic heterocycles. The van der Waals surface area contributed by atoms with Crippen molar-refractivity contribution < 1.29 is 63.0 Å². The average molecular weight is 1250 g/mol. The highest BCUT2D eigenvalue weighted by Crippen LogP contribution is 2.40. The Morgan fingerprint density at radius 2 is 1.56 bits per heavy atom. The van der Waals surface area contributed by atoms with Crippen LogP contribution in [0.1, 0.15) is 130 Å². The van der Waals surface area contributed by atoms with Crippen molar-refractivity contribution in [1.82, 2.24) is 24.7 Å². The molecular formula is C70H94ClN5O13. The van der Waals surface area contributed by atoms with Gasteiger partial charge in [-0.1, -0.05) is 92.9 Å². The van der Waals surface area contributed by atoms with Crippen LogP contribution in [0.15, 0.2) is 90.3 Å². The summed E-state index contributed by atoms with van der Waals surface area (Å²) in [5.74, 6) is -8.06. The number of allylic oxidation sites excluding steroid dienone is 3. The normalized spacial score (nSPS) is 31.8. The van der Waals surface area contributed by atoms with Crippen LogP contribution in [0.2, 0.25) is 5.02 Å². The molecule has 6 heterocycles. The number of carbonyl (C=O) groups excluding carboxylic acids is 5. The number of nitrogens with zero attached hydrogens (tertiary/aromatic N) is 4. The number of aromatic nitrogens is 2. The highest BCUT2D eigenvalue weighted by molar-refractivity contribution is 6.39. The third-order valence-corrected chi connectivity index (χ3v) is 19.9. The van der Waals surface area contributed by atoms with Crippen molar-refractivity contribution >= 4 is 52.0 Å². The molecule has 89 heavy (non-hydrogen) atoms. The van der Waals surface area contributed by atoms with Gasteiger partial charge in [0.15, 0.2) is 0 Å². The molecule has 1 saturated carbocycles. The van der Waals surface area contributed by atoms with Crippen molar-refractivity contribution in [2.45, 2.75) is 186 Å². The van der Waals surface area contributed by atoms with E-state index in [0.29, 0.717) is 94.3 Å². The highest BCUT2D eigenvalue weighted by Gasteiger charge is 2.57. The first-order valence-electron chi connectivity index (χ1n) is 32.3. The van der Waals surface area contributed by atoms with Crippen LogP contribution in [-0.2, 0) is 54.2 Å². The molecule has 4 fully saturated rings. The number of aromatic amines is 1. The number of ketones is 2. The Hall–Kier alpha value is -5.67. The number of esters is 1. The first-order valence-corrected chi connectivity index (χ1v) is 32.7. The van der Waals surface area contributed by atoms with Crippen molar-refractivity contribution in [3.8, 4) is 22.3 Å². The van der Waals surface area contributed by atoms with Crippen LogP contribution < -0.4 is 0 Å². The van der Waals surface area contributed by atoms with Gasteiger partial charge in [0, 0.05) is 125 Å². The van der Waals surface area contributed by atoms with E-state index in [4.69, 9.17) is 40.3 Å². The first kappa shape index (κ1) is 67.7. The van der Waals surface area contributed by atoms with E-state index in [-0.39, 0.29) is 49.3 Å². The molecule has 3 saturated heterocycles. The fourth-order valence-corrected chi connectivity index (χ4v) is 14.6. The lowest BCUT2D eigenvalue weighted by molar-refractivity contribution is -0.302. The highest BCUT2D eigenvalue weighted by atomic mass is 35.5. The largest absolute Gasteiger partial charge is 0.456 e. The molecule has 4 N–H and O–H groups in total. The summed E-state index contributed by atoms with van der Waals surface area (Å²) < 4.78 is 30.3. The summed E-state index contributed by atoms with van der Waals surface area (Å²) in [6, 6.07) is 17.4. The minimum absolute atomic E-state index is 0.0548. The van der Waals surface area contributed by atoms with E-state index < -0.39 is 90.0 Å². The summed E-state index contributed by atoms with van der Waals surface area (Å²) >= 11 is 6.32. The number of piperazine rings is 1. The lowest BCUT2D eigenvalue weighted by Gasteiger charge is -2.47. The third kappa shape index (κ3) is 16.3. The Morgan fingerprint density at radius 1 is 0.831 bits per heavy atom. The molecule has 19 heteroatoms. The maximum absolute atomic E-state index is 14.8. The van der Waals surface area contributed by atoms with Crippen molar-refractivity contribution in [3.05, 3.63) is 101 Å². The van der Waals surface area contributed by atoms with Gasteiger partial charge in [-0.05, 0) is 137 Å². The van der Waals surface area contributed by atoms with E-state index in [2.05, 4.69) is 47.1 Å². The van der Waals surface area contributed by atoms with Crippen LogP contribution in [0, 0.1) is 29.6 Å². The minimum Gasteiger partial charge on any atom is -0.456 e. The van der Waals surface area contributed by atoms with Gasteiger partial charge in [0.25, 0.3) is 11.7 Å². The number of Topliss-reactive ketones (excluding diaryl/α,β-unsaturated/α-hetero) is 2. The zero-order valence-electron chi connectivity index (χ0n) is 53.2. The summed E-state index contributed by atoms with van der Waals surface area (Å²) in [5, 5.41) is 36.8. The molecule has 0 spiro atoms. The number of benzene rings is 2. The molecule has 0 radical (unpaired) electrons. The number of ether oxygens (including phenoxy) is 5. The van der Waals surface area contributed by atoms with Crippen LogP contribution in [0.4, 0.5) is 0 Å². The zero-order valence-corrected chi connectivity index (χ0v) is 54.0. The summed E-state index contributed by atoms with van der Waals surface area (Å²) in [7, 11) is 4.62. The molecule has 2 bridgehead atoms. The molecule has 0 unspecified atom stereocenters. The van der Waals surface area contributed by atoms with Crippen LogP contribution in [0.25, 0.3) is 33.3 Å². The summed E-state index contributed by atoms with van der Waals surface area (Å²) in [6.07, 6.45) is 8.05. The maximum Gasteiger partial charge on any atom is 0.329 e. The number of unbranched alkanes of at least 4 members (excludes halogenated alkanes) is 1. The summed E-state index contributed by atoms with van der Waals surface area (Å²) in [4.78, 5) is 85.8. The predicted octanol–water partition coefficient (Wildman–Crippen LogP) is 9.83. The average Bonchev–Trinajstić information content (AvgIpc) is 1.77.